The smallest absolute Gasteiger partial charge is 0.248 e. The van der Waals surface area contributed by atoms with Crippen molar-refractivity contribution < 1.29 is 9.59 Å². The van der Waals surface area contributed by atoms with Crippen LogP contribution in [0.2, 0.25) is 0 Å². The van der Waals surface area contributed by atoms with Crippen LogP contribution in [0.25, 0.3) is 0 Å². The van der Waals surface area contributed by atoms with Crippen molar-refractivity contribution in [3.05, 3.63) is 70.8 Å². The fraction of sp³-hybridized carbons (Fsp3) is 0.391. The van der Waals surface area contributed by atoms with Gasteiger partial charge in [-0.3, -0.25) is 9.59 Å². The molecule has 2 aromatic rings. The average Bonchev–Trinajstić information content (AvgIpc) is 2.59. The van der Waals surface area contributed by atoms with Gasteiger partial charge in [-0.15, -0.1) is 0 Å². The van der Waals surface area contributed by atoms with Gasteiger partial charge in [-0.1, -0.05) is 59.7 Å². The number of carbonyl (C=O) groups excluding carboxylic acids is 2. The Balaban J connectivity index is 1.68. The summed E-state index contributed by atoms with van der Waals surface area (Å²) >= 11 is 0. The summed E-state index contributed by atoms with van der Waals surface area (Å²) in [4.78, 5) is 29.4. The molecule has 0 saturated carbocycles. The minimum Gasteiger partial charge on any atom is -0.339 e. The molecular formula is C23H28N2O2. The quantitative estimate of drug-likeness (QED) is 0.815. The normalized spacial score (nSPS) is 18.7. The SMILES string of the molecule is Cc1cc(C)cc(CC(=O)N2CCC2(C)C(=O)N(C)Cc2ccccc2)c1. The summed E-state index contributed by atoms with van der Waals surface area (Å²) in [7, 11) is 1.81. The van der Waals surface area contributed by atoms with Crippen LogP contribution in [0, 0.1) is 13.8 Å². The summed E-state index contributed by atoms with van der Waals surface area (Å²) < 4.78 is 0. The largest absolute Gasteiger partial charge is 0.339 e. The zero-order chi connectivity index (χ0) is 19.6. The first-order valence-corrected chi connectivity index (χ1v) is 9.47. The molecule has 4 nitrogen and oxygen atoms in total. The monoisotopic (exact) mass is 364 g/mol. The highest BCUT2D eigenvalue weighted by Crippen LogP contribution is 2.33. The lowest BCUT2D eigenvalue weighted by Crippen LogP contribution is -2.67. The standard InChI is InChI=1S/C23H28N2O2/c1-17-12-18(2)14-20(13-17)15-21(26)25-11-10-23(25,3)22(27)24(4)16-19-8-6-5-7-9-19/h5-9,12-14H,10-11,15-16H2,1-4H3. The van der Waals surface area contributed by atoms with Gasteiger partial charge < -0.3 is 9.80 Å². The summed E-state index contributed by atoms with van der Waals surface area (Å²) in [6.45, 7) is 7.16. The topological polar surface area (TPSA) is 40.6 Å². The van der Waals surface area contributed by atoms with Crippen LogP contribution in [0.15, 0.2) is 48.5 Å². The number of aryl methyl sites for hydroxylation is 2. The Hall–Kier alpha value is -2.62. The average molecular weight is 364 g/mol. The maximum absolute atomic E-state index is 13.1. The van der Waals surface area contributed by atoms with E-state index in [1.165, 1.54) is 0 Å². The van der Waals surface area contributed by atoms with E-state index in [2.05, 4.69) is 6.07 Å². The van der Waals surface area contributed by atoms with Crippen LogP contribution in [-0.4, -0.2) is 40.7 Å². The Morgan fingerprint density at radius 2 is 1.67 bits per heavy atom. The molecule has 1 heterocycles. The Kier molecular flexibility index (Phi) is 5.36. The second-order valence-corrected chi connectivity index (χ2v) is 7.89. The summed E-state index contributed by atoms with van der Waals surface area (Å²) in [5.41, 5.74) is 3.67. The number of nitrogens with zero attached hydrogens (tertiary/aromatic N) is 2. The number of benzene rings is 2. The molecular weight excluding hydrogens is 336 g/mol. The van der Waals surface area contributed by atoms with E-state index in [1.54, 1.807) is 9.80 Å². The van der Waals surface area contributed by atoms with Crippen molar-refractivity contribution >= 4 is 11.8 Å². The Bertz CT molecular complexity index is 826. The molecule has 1 aliphatic heterocycles. The molecule has 4 heteroatoms. The van der Waals surface area contributed by atoms with E-state index in [0.717, 1.165) is 22.3 Å². The molecule has 0 radical (unpaired) electrons. The lowest BCUT2D eigenvalue weighted by Gasteiger charge is -2.50. The van der Waals surface area contributed by atoms with E-state index in [9.17, 15) is 9.59 Å². The zero-order valence-corrected chi connectivity index (χ0v) is 16.7. The van der Waals surface area contributed by atoms with E-state index >= 15 is 0 Å². The maximum atomic E-state index is 13.1. The van der Waals surface area contributed by atoms with Gasteiger partial charge in [0.2, 0.25) is 11.8 Å². The Morgan fingerprint density at radius 1 is 1.04 bits per heavy atom. The van der Waals surface area contributed by atoms with Gasteiger partial charge in [-0.25, -0.2) is 0 Å². The summed E-state index contributed by atoms with van der Waals surface area (Å²) in [5.74, 6) is 0.0292. The first-order chi connectivity index (χ1) is 12.8. The molecule has 2 aromatic carbocycles. The van der Waals surface area contributed by atoms with Crippen LogP contribution < -0.4 is 0 Å². The van der Waals surface area contributed by atoms with Crippen LogP contribution in [0.3, 0.4) is 0 Å². The van der Waals surface area contributed by atoms with Crippen molar-refractivity contribution in [1.82, 2.24) is 9.80 Å². The number of carbonyl (C=O) groups is 2. The molecule has 2 amide bonds. The molecule has 0 aliphatic carbocycles. The highest BCUT2D eigenvalue weighted by atomic mass is 16.2. The van der Waals surface area contributed by atoms with Gasteiger partial charge in [-0.05, 0) is 38.3 Å². The minimum absolute atomic E-state index is 0.00590. The molecule has 27 heavy (non-hydrogen) atoms. The molecule has 0 spiro atoms. The molecule has 0 N–H and O–H groups in total. The first kappa shape index (κ1) is 19.2. The van der Waals surface area contributed by atoms with Crippen LogP contribution in [0.5, 0.6) is 0 Å². The van der Waals surface area contributed by atoms with Gasteiger partial charge in [-0.2, -0.15) is 0 Å². The third kappa shape index (κ3) is 4.05. The number of hydrogen-bond acceptors (Lipinski definition) is 2. The number of hydrogen-bond donors (Lipinski definition) is 0. The van der Waals surface area contributed by atoms with E-state index in [0.29, 0.717) is 25.9 Å². The van der Waals surface area contributed by atoms with Crippen molar-refractivity contribution in [2.75, 3.05) is 13.6 Å². The van der Waals surface area contributed by atoms with Gasteiger partial charge >= 0.3 is 0 Å². The zero-order valence-electron chi connectivity index (χ0n) is 16.7. The Labute approximate surface area is 161 Å². The third-order valence-corrected chi connectivity index (χ3v) is 5.43. The predicted molar refractivity (Wildman–Crippen MR) is 107 cm³/mol. The first-order valence-electron chi connectivity index (χ1n) is 9.47. The van der Waals surface area contributed by atoms with Crippen LogP contribution in [-0.2, 0) is 22.6 Å². The summed E-state index contributed by atoms with van der Waals surface area (Å²) in [6.07, 6.45) is 1.05. The highest BCUT2D eigenvalue weighted by molar-refractivity contribution is 5.93. The van der Waals surface area contributed by atoms with Gasteiger partial charge in [0.15, 0.2) is 0 Å². The number of likely N-dealkylation sites (N-methyl/N-ethyl adjacent to an activating group) is 1. The maximum Gasteiger partial charge on any atom is 0.248 e. The van der Waals surface area contributed by atoms with Crippen molar-refractivity contribution in [1.29, 1.82) is 0 Å². The highest BCUT2D eigenvalue weighted by Gasteiger charge is 2.50. The van der Waals surface area contributed by atoms with Crippen LogP contribution in [0.1, 0.15) is 35.6 Å². The number of amides is 2. The molecule has 1 unspecified atom stereocenters. The molecule has 0 bridgehead atoms. The number of rotatable bonds is 5. The van der Waals surface area contributed by atoms with Crippen molar-refractivity contribution in [2.24, 2.45) is 0 Å². The summed E-state index contributed by atoms with van der Waals surface area (Å²) in [5, 5.41) is 0. The molecule has 3 rings (SSSR count). The fourth-order valence-electron chi connectivity index (χ4n) is 3.96. The van der Waals surface area contributed by atoms with E-state index < -0.39 is 5.54 Å². The van der Waals surface area contributed by atoms with E-state index in [4.69, 9.17) is 0 Å². The summed E-state index contributed by atoms with van der Waals surface area (Å²) in [6, 6.07) is 16.1. The minimum atomic E-state index is -0.737. The molecule has 1 saturated heterocycles. The van der Waals surface area contributed by atoms with E-state index in [-0.39, 0.29) is 11.8 Å². The number of likely N-dealkylation sites (tertiary alicyclic amines) is 1. The van der Waals surface area contributed by atoms with Gasteiger partial charge in [0.25, 0.3) is 0 Å². The van der Waals surface area contributed by atoms with Gasteiger partial charge in [0.1, 0.15) is 5.54 Å². The molecule has 0 aromatic heterocycles. The fourth-order valence-corrected chi connectivity index (χ4v) is 3.96. The molecule has 142 valence electrons. The van der Waals surface area contributed by atoms with Crippen molar-refractivity contribution in [2.45, 2.75) is 45.7 Å². The lowest BCUT2D eigenvalue weighted by molar-refractivity contribution is -0.163. The van der Waals surface area contributed by atoms with Gasteiger partial charge in [0, 0.05) is 20.1 Å². The van der Waals surface area contributed by atoms with Crippen LogP contribution >= 0.6 is 0 Å². The van der Waals surface area contributed by atoms with Crippen molar-refractivity contribution in [3.63, 3.8) is 0 Å². The second kappa shape index (κ2) is 7.55. The molecule has 1 aliphatic rings. The molecule has 1 atom stereocenters. The lowest BCUT2D eigenvalue weighted by atomic mass is 9.84. The Morgan fingerprint density at radius 3 is 2.22 bits per heavy atom. The van der Waals surface area contributed by atoms with Crippen LogP contribution in [0.4, 0.5) is 0 Å². The predicted octanol–water partition coefficient (Wildman–Crippen LogP) is 3.50. The van der Waals surface area contributed by atoms with Gasteiger partial charge in [0.05, 0.1) is 6.42 Å². The second-order valence-electron chi connectivity index (χ2n) is 7.89. The molecule has 1 fully saturated rings. The van der Waals surface area contributed by atoms with E-state index in [1.807, 2.05) is 70.3 Å². The van der Waals surface area contributed by atoms with Crippen molar-refractivity contribution in [3.8, 4) is 0 Å². The third-order valence-electron chi connectivity index (χ3n) is 5.43.